The molecule has 0 saturated carbocycles. The Morgan fingerprint density at radius 3 is 2.65 bits per heavy atom. The molecular formula is C22H26N2O2. The van der Waals surface area contributed by atoms with Gasteiger partial charge in [0.2, 0.25) is 0 Å². The molecule has 1 unspecified atom stereocenters. The van der Waals surface area contributed by atoms with Crippen molar-refractivity contribution >= 4 is 23.1 Å². The summed E-state index contributed by atoms with van der Waals surface area (Å²) in [5.74, 6) is 0.772. The molecule has 4 nitrogen and oxygen atoms in total. The van der Waals surface area contributed by atoms with E-state index >= 15 is 0 Å². The van der Waals surface area contributed by atoms with Gasteiger partial charge in [-0.25, -0.2) is 0 Å². The van der Waals surface area contributed by atoms with Gasteiger partial charge in [-0.3, -0.25) is 0 Å². The van der Waals surface area contributed by atoms with Gasteiger partial charge in [0.25, 0.3) is 0 Å². The highest BCUT2D eigenvalue weighted by Gasteiger charge is 2.07. The molecule has 2 aromatic carbocycles. The highest BCUT2D eigenvalue weighted by Crippen LogP contribution is 2.23. The number of hydrogen-bond donors (Lipinski definition) is 3. The van der Waals surface area contributed by atoms with E-state index < -0.39 is 6.10 Å². The van der Waals surface area contributed by atoms with E-state index in [4.69, 9.17) is 4.74 Å². The van der Waals surface area contributed by atoms with Crippen LogP contribution in [-0.4, -0.2) is 35.4 Å². The fraction of sp³-hybridized carbons (Fsp3) is 0.273. The summed E-state index contributed by atoms with van der Waals surface area (Å²) >= 11 is 0. The van der Waals surface area contributed by atoms with Gasteiger partial charge in [0, 0.05) is 35.2 Å². The number of aliphatic hydroxyl groups is 1. The van der Waals surface area contributed by atoms with E-state index in [0.717, 1.165) is 22.4 Å². The van der Waals surface area contributed by atoms with E-state index in [9.17, 15) is 5.11 Å². The molecule has 0 aliphatic carbocycles. The van der Waals surface area contributed by atoms with Crippen molar-refractivity contribution in [3.8, 4) is 5.75 Å². The molecule has 0 aliphatic heterocycles. The van der Waals surface area contributed by atoms with Crippen molar-refractivity contribution in [1.82, 2.24) is 10.3 Å². The molecule has 1 atom stereocenters. The molecule has 0 amide bonds. The fourth-order valence-electron chi connectivity index (χ4n) is 2.80. The summed E-state index contributed by atoms with van der Waals surface area (Å²) in [4.78, 5) is 3.23. The minimum absolute atomic E-state index is 0.262. The van der Waals surface area contributed by atoms with Crippen LogP contribution in [0.25, 0.3) is 23.1 Å². The number of aromatic nitrogens is 1. The second kappa shape index (κ2) is 8.70. The lowest BCUT2D eigenvalue weighted by Gasteiger charge is -2.16. The smallest absolute Gasteiger partial charge is 0.126 e. The first kappa shape index (κ1) is 18.2. The lowest BCUT2D eigenvalue weighted by Crippen LogP contribution is -2.35. The first-order valence-electron chi connectivity index (χ1n) is 9.01. The summed E-state index contributed by atoms with van der Waals surface area (Å²) in [6.45, 7) is 4.89. The number of hydrogen-bond acceptors (Lipinski definition) is 3. The van der Waals surface area contributed by atoms with Gasteiger partial charge in [-0.05, 0) is 23.8 Å². The second-order valence-electron chi connectivity index (χ2n) is 6.69. The molecule has 0 radical (unpaired) electrons. The van der Waals surface area contributed by atoms with Gasteiger partial charge >= 0.3 is 0 Å². The lowest BCUT2D eigenvalue weighted by atomic mass is 10.1. The predicted molar refractivity (Wildman–Crippen MR) is 108 cm³/mol. The van der Waals surface area contributed by atoms with Crippen LogP contribution in [0, 0.1) is 0 Å². The molecule has 1 heterocycles. The second-order valence-corrected chi connectivity index (χ2v) is 6.69. The van der Waals surface area contributed by atoms with Crippen LogP contribution in [0.2, 0.25) is 0 Å². The molecule has 3 aromatic rings. The molecule has 26 heavy (non-hydrogen) atoms. The molecular weight excluding hydrogens is 324 g/mol. The zero-order chi connectivity index (χ0) is 18.4. The Morgan fingerprint density at radius 2 is 1.81 bits per heavy atom. The maximum absolute atomic E-state index is 10.0. The number of para-hydroxylation sites is 1. The number of nitrogens with one attached hydrogen (secondary N) is 2. The maximum atomic E-state index is 10.0. The van der Waals surface area contributed by atoms with Crippen LogP contribution in [0.1, 0.15) is 25.0 Å². The minimum atomic E-state index is -0.539. The van der Waals surface area contributed by atoms with Gasteiger partial charge in [-0.1, -0.05) is 56.3 Å². The number of aliphatic hydroxyl groups excluding tert-OH is 1. The van der Waals surface area contributed by atoms with Gasteiger partial charge in [0.05, 0.1) is 0 Å². The van der Waals surface area contributed by atoms with Crippen molar-refractivity contribution in [3.63, 3.8) is 0 Å². The molecule has 3 rings (SSSR count). The van der Waals surface area contributed by atoms with Crippen LogP contribution < -0.4 is 10.1 Å². The van der Waals surface area contributed by atoms with Crippen LogP contribution in [0.4, 0.5) is 0 Å². The summed E-state index contributed by atoms with van der Waals surface area (Å²) < 4.78 is 5.84. The van der Waals surface area contributed by atoms with E-state index in [1.165, 1.54) is 5.39 Å². The maximum Gasteiger partial charge on any atom is 0.126 e. The van der Waals surface area contributed by atoms with Crippen molar-refractivity contribution < 1.29 is 9.84 Å². The zero-order valence-corrected chi connectivity index (χ0v) is 15.3. The number of benzene rings is 2. The summed E-state index contributed by atoms with van der Waals surface area (Å²) in [7, 11) is 0. The van der Waals surface area contributed by atoms with Crippen LogP contribution >= 0.6 is 0 Å². The monoisotopic (exact) mass is 350 g/mol. The van der Waals surface area contributed by atoms with E-state index in [1.54, 1.807) is 0 Å². The average Bonchev–Trinajstić information content (AvgIpc) is 3.13. The van der Waals surface area contributed by atoms with E-state index in [2.05, 4.69) is 54.5 Å². The summed E-state index contributed by atoms with van der Waals surface area (Å²) in [5, 5.41) is 14.4. The van der Waals surface area contributed by atoms with Crippen molar-refractivity contribution in [2.24, 2.45) is 0 Å². The first-order valence-corrected chi connectivity index (χ1v) is 9.01. The lowest BCUT2D eigenvalue weighted by molar-refractivity contribution is 0.104. The number of aromatic amines is 1. The standard InChI is InChI=1S/C22H26N2O2/c1-16(2)24-14-19(25)15-26-22-9-4-3-6-18(22)11-10-17-7-5-8-21-20(17)12-13-23-21/h3-13,16,19,23-25H,14-15H2,1-2H3. The average molecular weight is 350 g/mol. The molecule has 0 aliphatic rings. The molecule has 1 aromatic heterocycles. The van der Waals surface area contributed by atoms with Crippen LogP contribution in [0.3, 0.4) is 0 Å². The topological polar surface area (TPSA) is 57.3 Å². The van der Waals surface area contributed by atoms with Crippen LogP contribution in [0.15, 0.2) is 54.7 Å². The van der Waals surface area contributed by atoms with Gasteiger partial charge in [-0.2, -0.15) is 0 Å². The molecule has 4 heteroatoms. The van der Waals surface area contributed by atoms with Gasteiger partial charge in [0.1, 0.15) is 18.5 Å². The van der Waals surface area contributed by atoms with Gasteiger partial charge in [-0.15, -0.1) is 0 Å². The Bertz CT molecular complexity index is 867. The van der Waals surface area contributed by atoms with E-state index in [1.807, 2.05) is 36.5 Å². The van der Waals surface area contributed by atoms with E-state index in [0.29, 0.717) is 12.6 Å². The Morgan fingerprint density at radius 1 is 1.04 bits per heavy atom. The summed E-state index contributed by atoms with van der Waals surface area (Å²) in [6.07, 6.45) is 5.56. The third kappa shape index (κ3) is 4.75. The quantitative estimate of drug-likeness (QED) is 0.537. The first-order chi connectivity index (χ1) is 12.6. The molecule has 0 bridgehead atoms. The third-order valence-electron chi connectivity index (χ3n) is 4.18. The fourth-order valence-corrected chi connectivity index (χ4v) is 2.80. The van der Waals surface area contributed by atoms with Crippen molar-refractivity contribution in [3.05, 3.63) is 65.9 Å². The van der Waals surface area contributed by atoms with Crippen LogP contribution in [-0.2, 0) is 0 Å². The van der Waals surface area contributed by atoms with Crippen molar-refractivity contribution in [2.45, 2.75) is 26.0 Å². The normalized spacial score (nSPS) is 12.9. The largest absolute Gasteiger partial charge is 0.490 e. The Kier molecular flexibility index (Phi) is 6.10. The highest BCUT2D eigenvalue weighted by atomic mass is 16.5. The minimum Gasteiger partial charge on any atom is -0.490 e. The van der Waals surface area contributed by atoms with Gasteiger partial charge < -0.3 is 20.1 Å². The van der Waals surface area contributed by atoms with Crippen molar-refractivity contribution in [2.75, 3.05) is 13.2 Å². The molecule has 0 saturated heterocycles. The SMILES string of the molecule is CC(C)NCC(O)COc1ccccc1C=Cc1cccc2[nH]ccc12. The van der Waals surface area contributed by atoms with E-state index in [-0.39, 0.29) is 6.61 Å². The Balaban J connectivity index is 1.70. The summed E-state index contributed by atoms with van der Waals surface area (Å²) in [5.41, 5.74) is 3.27. The number of rotatable bonds is 8. The molecule has 136 valence electrons. The number of H-pyrrole nitrogens is 1. The number of fused-ring (bicyclic) bond motifs is 1. The van der Waals surface area contributed by atoms with Crippen LogP contribution in [0.5, 0.6) is 5.75 Å². The summed E-state index contributed by atoms with van der Waals surface area (Å²) in [6, 6.07) is 16.5. The third-order valence-corrected chi connectivity index (χ3v) is 4.18. The molecule has 0 fully saturated rings. The molecule has 3 N–H and O–H groups in total. The number of ether oxygens (including phenoxy) is 1. The van der Waals surface area contributed by atoms with Gasteiger partial charge in [0.15, 0.2) is 0 Å². The zero-order valence-electron chi connectivity index (χ0n) is 15.3. The van der Waals surface area contributed by atoms with Crippen molar-refractivity contribution in [1.29, 1.82) is 0 Å². The highest BCUT2D eigenvalue weighted by molar-refractivity contribution is 5.91. The molecule has 0 spiro atoms. The predicted octanol–water partition coefficient (Wildman–Crippen LogP) is 4.08. The Labute approximate surface area is 154 Å². The Hall–Kier alpha value is -2.56.